The molecule has 0 radical (unpaired) electrons. The fourth-order valence-corrected chi connectivity index (χ4v) is 6.04. The molecule has 1 aliphatic heterocycles. The van der Waals surface area contributed by atoms with Gasteiger partial charge in [-0.05, 0) is 85.5 Å². The lowest BCUT2D eigenvalue weighted by molar-refractivity contribution is -0.113. The van der Waals surface area contributed by atoms with Crippen LogP contribution in [-0.2, 0) is 11.4 Å². The second-order valence-corrected chi connectivity index (χ2v) is 10.7. The normalized spacial score (nSPS) is 14.8. The number of rotatable bonds is 6. The first-order chi connectivity index (χ1) is 15.9. The van der Waals surface area contributed by atoms with E-state index in [9.17, 15) is 4.79 Å². The van der Waals surface area contributed by atoms with E-state index in [1.807, 2.05) is 60.7 Å². The summed E-state index contributed by atoms with van der Waals surface area (Å²) >= 11 is 19.8. The molecule has 9 heteroatoms. The zero-order valence-corrected chi connectivity index (χ0v) is 22.7. The van der Waals surface area contributed by atoms with E-state index < -0.39 is 0 Å². The number of carbonyl (C=O) groups excluding carboxylic acids is 1. The molecule has 168 valence electrons. The van der Waals surface area contributed by atoms with Crippen LogP contribution in [0.25, 0.3) is 6.08 Å². The standard InChI is InChI=1S/C24H16Br2ClNO3S2/c1-30-20-5-3-2-4-19(20)28-23(29)21(33-24(28)32)12-15-10-17(25)22(18(26)11-15)31-13-14-6-8-16(27)9-7-14/h2-12H,13H2,1H3/b21-12+. The van der Waals surface area contributed by atoms with Gasteiger partial charge in [0.05, 0.1) is 26.6 Å². The Kier molecular flexibility index (Phi) is 7.81. The summed E-state index contributed by atoms with van der Waals surface area (Å²) in [7, 11) is 1.57. The van der Waals surface area contributed by atoms with Gasteiger partial charge in [0, 0.05) is 5.02 Å². The number of methoxy groups -OCH3 is 1. The average molecular weight is 626 g/mol. The number of para-hydroxylation sites is 2. The molecule has 0 bridgehead atoms. The van der Waals surface area contributed by atoms with Crippen molar-refractivity contribution in [3.63, 3.8) is 0 Å². The van der Waals surface area contributed by atoms with Gasteiger partial charge in [-0.15, -0.1) is 0 Å². The number of hydrogen-bond donors (Lipinski definition) is 0. The molecule has 1 aliphatic rings. The Morgan fingerprint density at radius 3 is 2.42 bits per heavy atom. The Hall–Kier alpha value is -1.84. The Bertz CT molecular complexity index is 1240. The van der Waals surface area contributed by atoms with Crippen LogP contribution in [0.1, 0.15) is 11.1 Å². The van der Waals surface area contributed by atoms with Gasteiger partial charge in [0.25, 0.3) is 5.91 Å². The predicted molar refractivity (Wildman–Crippen MR) is 146 cm³/mol. The quantitative estimate of drug-likeness (QED) is 0.206. The molecule has 1 amide bonds. The van der Waals surface area contributed by atoms with Gasteiger partial charge >= 0.3 is 0 Å². The maximum Gasteiger partial charge on any atom is 0.270 e. The molecule has 3 aromatic rings. The third-order valence-electron chi connectivity index (χ3n) is 4.73. The molecule has 0 N–H and O–H groups in total. The summed E-state index contributed by atoms with van der Waals surface area (Å²) in [4.78, 5) is 15.2. The van der Waals surface area contributed by atoms with Gasteiger partial charge in [0.1, 0.15) is 18.1 Å². The highest BCUT2D eigenvalue weighted by molar-refractivity contribution is 9.11. The highest BCUT2D eigenvalue weighted by Crippen LogP contribution is 2.41. The van der Waals surface area contributed by atoms with Crippen LogP contribution < -0.4 is 14.4 Å². The molecule has 0 atom stereocenters. The van der Waals surface area contributed by atoms with Crippen molar-refractivity contribution in [1.29, 1.82) is 0 Å². The van der Waals surface area contributed by atoms with Crippen LogP contribution >= 0.6 is 67.4 Å². The van der Waals surface area contributed by atoms with Gasteiger partial charge in [0.2, 0.25) is 0 Å². The summed E-state index contributed by atoms with van der Waals surface area (Å²) < 4.78 is 13.4. The van der Waals surface area contributed by atoms with E-state index in [1.54, 1.807) is 13.2 Å². The van der Waals surface area contributed by atoms with E-state index in [0.717, 1.165) is 20.1 Å². The fraction of sp³-hybridized carbons (Fsp3) is 0.0833. The van der Waals surface area contributed by atoms with Gasteiger partial charge in [-0.2, -0.15) is 0 Å². The minimum Gasteiger partial charge on any atom is -0.495 e. The summed E-state index contributed by atoms with van der Waals surface area (Å²) in [6, 6.07) is 18.6. The zero-order chi connectivity index (χ0) is 23.5. The van der Waals surface area contributed by atoms with Crippen LogP contribution in [0.2, 0.25) is 5.02 Å². The molecule has 0 aliphatic carbocycles. The number of amides is 1. The first-order valence-corrected chi connectivity index (χ1v) is 12.8. The van der Waals surface area contributed by atoms with E-state index >= 15 is 0 Å². The highest BCUT2D eigenvalue weighted by atomic mass is 79.9. The lowest BCUT2D eigenvalue weighted by Gasteiger charge is -2.17. The molecule has 33 heavy (non-hydrogen) atoms. The van der Waals surface area contributed by atoms with Crippen molar-refractivity contribution in [2.24, 2.45) is 0 Å². The van der Waals surface area contributed by atoms with Crippen LogP contribution in [0.5, 0.6) is 11.5 Å². The number of hydrogen-bond acceptors (Lipinski definition) is 5. The number of thioether (sulfide) groups is 1. The number of anilines is 1. The average Bonchev–Trinajstić information content (AvgIpc) is 3.07. The van der Waals surface area contributed by atoms with Crippen LogP contribution in [0.3, 0.4) is 0 Å². The minimum atomic E-state index is -0.190. The maximum atomic E-state index is 13.1. The van der Waals surface area contributed by atoms with Crippen molar-refractivity contribution in [2.75, 3.05) is 12.0 Å². The van der Waals surface area contributed by atoms with E-state index in [0.29, 0.717) is 38.0 Å². The Morgan fingerprint density at radius 1 is 1.09 bits per heavy atom. The first-order valence-electron chi connectivity index (χ1n) is 9.64. The molecule has 1 heterocycles. The fourth-order valence-electron chi connectivity index (χ4n) is 3.18. The van der Waals surface area contributed by atoms with Crippen molar-refractivity contribution < 1.29 is 14.3 Å². The molecule has 0 unspecified atom stereocenters. The first kappa shape index (κ1) is 24.3. The van der Waals surface area contributed by atoms with Gasteiger partial charge < -0.3 is 9.47 Å². The van der Waals surface area contributed by atoms with Crippen LogP contribution in [0.4, 0.5) is 5.69 Å². The van der Waals surface area contributed by atoms with E-state index in [2.05, 4.69) is 31.9 Å². The largest absolute Gasteiger partial charge is 0.495 e. The molecular weight excluding hydrogens is 610 g/mol. The van der Waals surface area contributed by atoms with Crippen molar-refractivity contribution >= 4 is 89.4 Å². The summed E-state index contributed by atoms with van der Waals surface area (Å²) in [6.45, 7) is 0.394. The summed E-state index contributed by atoms with van der Waals surface area (Å²) in [6.07, 6.45) is 1.81. The molecule has 0 aromatic heterocycles. The van der Waals surface area contributed by atoms with Crippen molar-refractivity contribution in [2.45, 2.75) is 6.61 Å². The second-order valence-electron chi connectivity index (χ2n) is 6.92. The van der Waals surface area contributed by atoms with E-state index in [-0.39, 0.29) is 5.91 Å². The topological polar surface area (TPSA) is 38.8 Å². The van der Waals surface area contributed by atoms with Crippen LogP contribution in [-0.4, -0.2) is 17.3 Å². The molecule has 0 spiro atoms. The maximum absolute atomic E-state index is 13.1. The van der Waals surface area contributed by atoms with Gasteiger partial charge in [-0.25, -0.2) is 0 Å². The SMILES string of the molecule is COc1ccccc1N1C(=O)/C(=C\c2cc(Br)c(OCc3ccc(Cl)cc3)c(Br)c2)SC1=S. The summed E-state index contributed by atoms with van der Waals surface area (Å²) in [5.74, 6) is 1.07. The van der Waals surface area contributed by atoms with Crippen molar-refractivity contribution in [1.82, 2.24) is 0 Å². The smallest absolute Gasteiger partial charge is 0.270 e. The molecule has 1 fully saturated rings. The lowest BCUT2D eigenvalue weighted by Crippen LogP contribution is -2.27. The third-order valence-corrected chi connectivity index (χ3v) is 7.47. The Morgan fingerprint density at radius 2 is 1.76 bits per heavy atom. The van der Waals surface area contributed by atoms with Crippen LogP contribution in [0.15, 0.2) is 74.5 Å². The van der Waals surface area contributed by atoms with Crippen LogP contribution in [0, 0.1) is 0 Å². The predicted octanol–water partition coefficient (Wildman–Crippen LogP) is 7.86. The Balaban J connectivity index is 1.56. The highest BCUT2D eigenvalue weighted by Gasteiger charge is 2.34. The molecule has 1 saturated heterocycles. The number of benzene rings is 3. The van der Waals surface area contributed by atoms with Gasteiger partial charge in [-0.1, -0.05) is 59.8 Å². The second kappa shape index (κ2) is 10.6. The lowest BCUT2D eigenvalue weighted by atomic mass is 10.2. The van der Waals surface area contributed by atoms with E-state index in [1.165, 1.54) is 16.7 Å². The molecular formula is C24H16Br2ClNO3S2. The monoisotopic (exact) mass is 623 g/mol. The third kappa shape index (κ3) is 5.46. The number of ether oxygens (including phenoxy) is 2. The number of thiocarbonyl (C=S) groups is 1. The summed E-state index contributed by atoms with van der Waals surface area (Å²) in [5, 5.41) is 0.682. The van der Waals surface area contributed by atoms with Crippen molar-refractivity contribution in [3.05, 3.63) is 90.7 Å². The van der Waals surface area contributed by atoms with Gasteiger partial charge in [-0.3, -0.25) is 9.69 Å². The molecule has 4 nitrogen and oxygen atoms in total. The van der Waals surface area contributed by atoms with E-state index in [4.69, 9.17) is 33.3 Å². The zero-order valence-electron chi connectivity index (χ0n) is 17.2. The van der Waals surface area contributed by atoms with Crippen molar-refractivity contribution in [3.8, 4) is 11.5 Å². The molecule has 0 saturated carbocycles. The number of halogens is 3. The number of nitrogens with zero attached hydrogens (tertiary/aromatic N) is 1. The summed E-state index contributed by atoms with van der Waals surface area (Å²) in [5.41, 5.74) is 2.45. The molecule has 3 aromatic carbocycles. The minimum absolute atomic E-state index is 0.190. The van der Waals surface area contributed by atoms with Gasteiger partial charge in [0.15, 0.2) is 4.32 Å². The number of carbonyl (C=O) groups is 1. The molecule has 4 rings (SSSR count). The Labute approximate surface area is 223 Å².